The minimum Gasteiger partial charge on any atom is -0.508 e. The smallest absolute Gasteiger partial charge is 0.369 e. The molecule has 1 saturated heterocycles. The predicted molar refractivity (Wildman–Crippen MR) is 567 cm³/mol. The van der Waals surface area contributed by atoms with Crippen molar-refractivity contribution in [2.45, 2.75) is 62.5 Å². The zero-order chi connectivity index (χ0) is 90.8. The van der Waals surface area contributed by atoms with Crippen LogP contribution >= 0.6 is 118 Å². The topological polar surface area (TPSA) is 383 Å². The molecular formula is C98H101B2Br6Cl2N10O15. The molecule has 1 unspecified atom stereocenters. The van der Waals surface area contributed by atoms with Crippen LogP contribution in [0.15, 0.2) is 251 Å². The molecule has 15 N–H and O–H groups in total. The maximum Gasteiger partial charge on any atom is 0.369 e. The number of amides is 2. The number of aliphatic hydroxyl groups is 2. The molecule has 0 saturated carbocycles. The number of aromatic nitrogens is 8. The number of nitrogens with one attached hydrogen (secondary N) is 10. The van der Waals surface area contributed by atoms with Gasteiger partial charge in [-0.05, 0) is 183 Å². The Morgan fingerprint density at radius 2 is 0.782 bits per heavy atom. The lowest BCUT2D eigenvalue weighted by Crippen LogP contribution is -2.35. The number of phenols is 1. The summed E-state index contributed by atoms with van der Waals surface area (Å²) in [7, 11) is 6.40. The molecule has 1 fully saturated rings. The number of aromatic hydroxyl groups is 1. The second kappa shape index (κ2) is 51.1. The number of ether oxygens (including phenoxy) is 5. The number of aromatic carboxylic acids is 2. The highest BCUT2D eigenvalue weighted by molar-refractivity contribution is 9.69. The second-order valence-electron chi connectivity index (χ2n) is 27.9. The summed E-state index contributed by atoms with van der Waals surface area (Å²) in [5, 5.41) is 60.4. The van der Waals surface area contributed by atoms with Gasteiger partial charge in [0.2, 0.25) is 0 Å². The summed E-state index contributed by atoms with van der Waals surface area (Å²) in [5.41, 5.74) is 15.4. The molecule has 0 aliphatic carbocycles. The van der Waals surface area contributed by atoms with Crippen LogP contribution in [0.1, 0.15) is 99.1 Å². The van der Waals surface area contributed by atoms with E-state index in [1.165, 1.54) is 47.4 Å². The lowest BCUT2D eigenvalue weighted by molar-refractivity contribution is -0.129. The minimum absolute atomic E-state index is 0. The van der Waals surface area contributed by atoms with Crippen molar-refractivity contribution in [3.63, 3.8) is 0 Å². The average Bonchev–Trinajstić information content (AvgIpc) is 1.56. The standard InChI is InChI=1S/C18H14N2O3.C17H13BrN2O3.C17H13BrN2O.C17H12N2O3.C9H7NO3.C8H6BrN.C4H8O.C2H6O.CH2Cl2.5CH4.BBr3.B/c1-23-11-3-5-16-13(7-11)15(9-19-16)14-8-20-17-6-10(18(21)22)2-4-12(14)17;1-23-10-3-5-14-12(7-10)17(22,16(21)20-14)13-8-19-15-6-9(18)2-4-11(13)15;1-21-11-3-5-16-13(7-11)15(9-19-16)14-8-20-17-6-10(18)2-4-12(14)17;20-10-2-4-15-12(6-10)14(8-18-15)13-7-19-16-5-9(17(21)22)1-3-11(13)16;1-13-5-2-3-7-6(4-5)8(11)9(12)10-7;9-7-2-1-6-3-4-10-8(6)5-7;1-2-4-5-3-1;1-2-3;2-1-3;;;;;;2-1(3)4;/h2-9,19-20H,1H3,(H,21,22);2-8,19,22H,1H3,(H,20,21);2-9,19-20H,1H3;1-8,18-20H,(H,21,22);2-4H,1H3,(H,10,11,12);1-5,10H;1-4H2;3H,2H2,1H3;1H2;5*1H4;;. The molecule has 8 aromatic heterocycles. The summed E-state index contributed by atoms with van der Waals surface area (Å²) in [6.45, 7) is 3.93. The van der Waals surface area contributed by atoms with E-state index in [4.69, 9.17) is 62.2 Å². The molecule has 3 aliphatic heterocycles. The number of aliphatic hydroxyl groups excluding tert-OH is 1. The number of carboxylic acid groups (broad SMARTS) is 2. The van der Waals surface area contributed by atoms with Crippen LogP contribution in [0.4, 0.5) is 11.4 Å². The number of hydrogen-bond donors (Lipinski definition) is 15. The van der Waals surface area contributed by atoms with Crippen molar-refractivity contribution in [1.82, 2.24) is 39.9 Å². The molecule has 10 aromatic carbocycles. The largest absolute Gasteiger partial charge is 0.508 e. The number of benzene rings is 10. The van der Waals surface area contributed by atoms with Gasteiger partial charge in [-0.1, -0.05) is 115 Å². The van der Waals surface area contributed by atoms with Crippen LogP contribution < -0.4 is 29.6 Å². The van der Waals surface area contributed by atoms with Gasteiger partial charge in [0.15, 0.2) is 5.60 Å². The third kappa shape index (κ3) is 26.1. The van der Waals surface area contributed by atoms with Gasteiger partial charge in [0.25, 0.3) is 17.6 Å². The SMILES string of the molecule is BrB(Br)Br.Brc1ccc2cc[nH]c2c1.C.C.C.C.C.C1CCOC1.CCO.COc1ccc2[nH]cc(-c3c[nH]c4cc(Br)ccc34)c2c1.COc1ccc2[nH]cc(-c3c[nH]c4cc(C(=O)O)ccc34)c2c1.COc1ccc2c(c1)C(=O)C(=O)N2.COc1ccc2c(c1)C(O)(c1c[nH]c3cc(Br)ccc13)C(=O)N2.ClCCl.O=C(O)c1ccc2c(-c3c[nH]c4ccc(O)cc34)c[nH]c2c1.[B]. The molecule has 3 aliphatic rings. The van der Waals surface area contributed by atoms with Gasteiger partial charge in [-0.2, -0.15) is 0 Å². The number of rotatable bonds is 10. The summed E-state index contributed by atoms with van der Waals surface area (Å²) in [6.07, 6.45) is 17.9. The highest BCUT2D eigenvalue weighted by atomic mass is 79.9. The normalized spacial score (nSPS) is 12.5. The lowest BCUT2D eigenvalue weighted by atomic mass is 9.87. The van der Waals surface area contributed by atoms with Gasteiger partial charge in [-0.3, -0.25) is 14.4 Å². The van der Waals surface area contributed by atoms with Crippen LogP contribution in [0.2, 0.25) is 0 Å². The van der Waals surface area contributed by atoms with Gasteiger partial charge in [0.05, 0.1) is 56.2 Å². The van der Waals surface area contributed by atoms with Crippen molar-refractivity contribution in [1.29, 1.82) is 0 Å². The number of ketones is 1. The fourth-order valence-corrected chi connectivity index (χ4v) is 15.4. The molecule has 3 radical (unpaired) electrons. The number of fused-ring (bicyclic) bond motifs is 10. The summed E-state index contributed by atoms with van der Waals surface area (Å²) in [4.78, 5) is 82.4. The average molecular weight is 2230 g/mol. The first kappa shape index (κ1) is 110. The van der Waals surface area contributed by atoms with E-state index in [-0.39, 0.29) is 77.6 Å². The van der Waals surface area contributed by atoms with E-state index >= 15 is 0 Å². The van der Waals surface area contributed by atoms with Crippen LogP contribution in [0, 0.1) is 0 Å². The molecular weight excluding hydrogens is 2130 g/mol. The Hall–Kier alpha value is -11.5. The quantitative estimate of drug-likeness (QED) is 0.0344. The molecule has 21 rings (SSSR count). The van der Waals surface area contributed by atoms with E-state index in [0.29, 0.717) is 39.6 Å². The number of halogens is 8. The number of alkyl halides is 2. The van der Waals surface area contributed by atoms with E-state index in [2.05, 4.69) is 200 Å². The Kier molecular flexibility index (Phi) is 42.4. The lowest BCUT2D eigenvalue weighted by Gasteiger charge is -2.21. The van der Waals surface area contributed by atoms with Crippen LogP contribution in [-0.2, 0) is 19.9 Å². The monoisotopic (exact) mass is 2220 g/mol. The first-order valence-corrected chi connectivity index (χ1v) is 45.0. The number of H-pyrrole nitrogens is 8. The summed E-state index contributed by atoms with van der Waals surface area (Å²) >= 11 is 29.2. The fourth-order valence-electron chi connectivity index (χ4n) is 14.4. The fraction of sp³-hybridized carbons (Fsp3) is 0.173. The molecule has 1 atom stereocenters. The number of phenolic OH excluding ortho intramolecular Hbond substituents is 1. The predicted octanol–water partition coefficient (Wildman–Crippen LogP) is 26.9. The van der Waals surface area contributed by atoms with Crippen molar-refractivity contribution in [2.75, 3.05) is 64.2 Å². The number of anilines is 2. The molecule has 18 aromatic rings. The van der Waals surface area contributed by atoms with Crippen molar-refractivity contribution in [3.8, 4) is 62.1 Å². The molecule has 2 amide bonds. The van der Waals surface area contributed by atoms with Gasteiger partial charge >= 0.3 is 15.1 Å². The maximum absolute atomic E-state index is 12.5. The third-order valence-corrected chi connectivity index (χ3v) is 21.8. The minimum atomic E-state index is -1.75. The van der Waals surface area contributed by atoms with Crippen LogP contribution in [0.3, 0.4) is 0 Å². The molecule has 11 heterocycles. The number of aromatic amines is 8. The molecule has 695 valence electrons. The first-order valence-electron chi connectivity index (χ1n) is 38.8. The number of methoxy groups -OCH3 is 4. The van der Waals surface area contributed by atoms with Gasteiger partial charge < -0.3 is 99.7 Å². The number of carbonyl (C=O) groups excluding carboxylic acids is 3. The highest BCUT2D eigenvalue weighted by Crippen LogP contribution is 2.46. The van der Waals surface area contributed by atoms with E-state index in [1.807, 2.05) is 97.7 Å². The van der Waals surface area contributed by atoms with E-state index < -0.39 is 35.1 Å². The van der Waals surface area contributed by atoms with Crippen molar-refractivity contribution in [2.24, 2.45) is 0 Å². The van der Waals surface area contributed by atoms with E-state index in [0.717, 1.165) is 131 Å². The summed E-state index contributed by atoms with van der Waals surface area (Å²) < 4.78 is 29.1. The summed E-state index contributed by atoms with van der Waals surface area (Å²) in [6, 6.07) is 57.5. The van der Waals surface area contributed by atoms with Gasteiger partial charge in [-0.15, -0.1) is 70.5 Å². The Balaban J connectivity index is 0.000000239. The zero-order valence-electron chi connectivity index (χ0n) is 68.8. The van der Waals surface area contributed by atoms with Gasteiger partial charge in [-0.25, -0.2) is 9.59 Å². The molecule has 35 heteroatoms. The van der Waals surface area contributed by atoms with E-state index in [1.54, 1.807) is 113 Å². The van der Waals surface area contributed by atoms with Gasteiger partial charge in [0, 0.05) is 223 Å². The highest BCUT2D eigenvalue weighted by Gasteiger charge is 2.48. The Morgan fingerprint density at radius 1 is 0.421 bits per heavy atom. The molecule has 0 spiro atoms. The Morgan fingerprint density at radius 3 is 1.23 bits per heavy atom. The molecule has 133 heavy (non-hydrogen) atoms. The molecule has 25 nitrogen and oxygen atoms in total. The van der Waals surface area contributed by atoms with E-state index in [9.17, 15) is 34.2 Å². The van der Waals surface area contributed by atoms with Crippen molar-refractivity contribution < 1.29 is 73.2 Å². The van der Waals surface area contributed by atoms with Gasteiger partial charge in [0.1, 0.15) is 28.7 Å². The first-order chi connectivity index (χ1) is 61.2. The summed E-state index contributed by atoms with van der Waals surface area (Å²) in [5.74, 6) is -0.403. The zero-order valence-corrected chi connectivity index (χ0v) is 79.8. The Labute approximate surface area is 831 Å². The number of carboxylic acids is 2. The Bertz CT molecular complexity index is 6970. The number of carbonyl (C=O) groups is 5. The third-order valence-electron chi connectivity index (χ3n) is 20.3. The molecule has 0 bridgehead atoms. The van der Waals surface area contributed by atoms with Crippen LogP contribution in [-0.4, -0.2) is 160 Å². The van der Waals surface area contributed by atoms with Crippen LogP contribution in [0.25, 0.3) is 121 Å². The van der Waals surface area contributed by atoms with Crippen molar-refractivity contribution >= 4 is 258 Å². The van der Waals surface area contributed by atoms with Crippen LogP contribution in [0.5, 0.6) is 28.7 Å². The number of Topliss-reactive ketones (excluding diaryl/α,β-unsaturated/α-hetero) is 1. The van der Waals surface area contributed by atoms with Crippen molar-refractivity contribution in [3.05, 3.63) is 279 Å². The maximum atomic E-state index is 12.5. The number of hydrogen-bond acceptors (Lipinski definition) is 13. The second-order valence-corrected chi connectivity index (χ2v) is 37.9.